The molecule has 0 aliphatic rings. The molecule has 1 amide bonds. The molecule has 2 rings (SSSR count). The molecule has 0 saturated heterocycles. The Morgan fingerprint density at radius 3 is 2.40 bits per heavy atom. The van der Waals surface area contributed by atoms with Crippen LogP contribution < -0.4 is 16.0 Å². The van der Waals surface area contributed by atoms with Gasteiger partial charge in [0.1, 0.15) is 5.75 Å². The Morgan fingerprint density at radius 2 is 1.95 bits per heavy atom. The minimum absolute atomic E-state index is 0.0775. The number of nitrogens with one attached hydrogen (secondary N) is 2. The molecule has 0 radical (unpaired) electrons. The van der Waals surface area contributed by atoms with E-state index in [4.69, 9.17) is 10.5 Å². The Balaban J connectivity index is 2.46. The van der Waals surface area contributed by atoms with Crippen molar-refractivity contribution in [3.63, 3.8) is 0 Å². The van der Waals surface area contributed by atoms with Crippen LogP contribution in [0.15, 0.2) is 29.1 Å². The first-order valence-corrected chi connectivity index (χ1v) is 6.22. The van der Waals surface area contributed by atoms with Crippen LogP contribution in [0.5, 0.6) is 5.75 Å². The molecule has 0 spiro atoms. The van der Waals surface area contributed by atoms with E-state index in [0.29, 0.717) is 17.0 Å². The molecule has 0 fully saturated rings. The Kier molecular flexibility index (Phi) is 3.93. The van der Waals surface area contributed by atoms with E-state index >= 15 is 0 Å². The van der Waals surface area contributed by atoms with Crippen LogP contribution in [0.1, 0.15) is 29.2 Å². The molecule has 0 aliphatic heterocycles. The largest absolute Gasteiger partial charge is 0.497 e. The number of hydrogen-bond acceptors (Lipinski definition) is 3. The van der Waals surface area contributed by atoms with Gasteiger partial charge in [0.15, 0.2) is 0 Å². The van der Waals surface area contributed by atoms with Gasteiger partial charge in [-0.05, 0) is 24.6 Å². The van der Waals surface area contributed by atoms with Gasteiger partial charge in [0, 0.05) is 23.6 Å². The second kappa shape index (κ2) is 5.64. The van der Waals surface area contributed by atoms with Crippen LogP contribution in [0.4, 0.5) is 0 Å². The zero-order valence-electron chi connectivity index (χ0n) is 11.4. The summed E-state index contributed by atoms with van der Waals surface area (Å²) in [5.74, 6) is -0.106. The van der Waals surface area contributed by atoms with Gasteiger partial charge in [-0.25, -0.2) is 0 Å². The summed E-state index contributed by atoms with van der Waals surface area (Å²) in [5.41, 5.74) is 7.16. The van der Waals surface area contributed by atoms with Crippen LogP contribution >= 0.6 is 0 Å². The first kappa shape index (κ1) is 13.9. The monoisotopic (exact) mass is 275 g/mol. The summed E-state index contributed by atoms with van der Waals surface area (Å²) in [7, 11) is 1.58. The zero-order chi connectivity index (χ0) is 14.7. The van der Waals surface area contributed by atoms with Crippen molar-refractivity contribution in [1.29, 1.82) is 0 Å². The summed E-state index contributed by atoms with van der Waals surface area (Å²) in [5, 5.41) is 5.29. The first-order valence-electron chi connectivity index (χ1n) is 6.22. The van der Waals surface area contributed by atoms with Crippen LogP contribution in [0.25, 0.3) is 0 Å². The maximum atomic E-state index is 11.9. The fourth-order valence-corrected chi connectivity index (χ4v) is 2.30. The van der Waals surface area contributed by atoms with Gasteiger partial charge in [-0.1, -0.05) is 12.1 Å². The van der Waals surface area contributed by atoms with E-state index in [2.05, 4.69) is 10.2 Å². The summed E-state index contributed by atoms with van der Waals surface area (Å²) < 4.78 is 5.10. The Hall–Kier alpha value is -2.50. The van der Waals surface area contributed by atoms with Gasteiger partial charge in [-0.2, -0.15) is 0 Å². The van der Waals surface area contributed by atoms with Gasteiger partial charge in [0.25, 0.3) is 5.56 Å². The molecule has 20 heavy (non-hydrogen) atoms. The molecular formula is C14H17N3O3. The quantitative estimate of drug-likeness (QED) is 0.759. The minimum Gasteiger partial charge on any atom is -0.497 e. The fourth-order valence-electron chi connectivity index (χ4n) is 2.30. The lowest BCUT2D eigenvalue weighted by atomic mass is 9.88. The van der Waals surface area contributed by atoms with Gasteiger partial charge in [0.2, 0.25) is 5.91 Å². The maximum absolute atomic E-state index is 11.9. The fraction of sp³-hybridized carbons (Fsp3) is 0.286. The lowest BCUT2D eigenvalue weighted by Crippen LogP contribution is -2.20. The number of benzene rings is 1. The molecule has 0 saturated carbocycles. The number of primary amides is 1. The third-order valence-corrected chi connectivity index (χ3v) is 3.28. The van der Waals surface area contributed by atoms with Crippen molar-refractivity contribution in [1.82, 2.24) is 10.2 Å². The van der Waals surface area contributed by atoms with Crippen molar-refractivity contribution in [2.24, 2.45) is 5.73 Å². The van der Waals surface area contributed by atoms with Crippen LogP contribution in [0, 0.1) is 6.92 Å². The first-order chi connectivity index (χ1) is 9.52. The number of hydrogen-bond donors (Lipinski definition) is 3. The maximum Gasteiger partial charge on any atom is 0.267 e. The number of amides is 1. The van der Waals surface area contributed by atoms with Crippen molar-refractivity contribution in [3.05, 3.63) is 51.4 Å². The van der Waals surface area contributed by atoms with Gasteiger partial charge in [0.05, 0.1) is 7.11 Å². The SMILES string of the molecule is COc1ccc(C(CC(N)=O)c2c(C)[nH][nH]c2=O)cc1. The standard InChI is InChI=1S/C14H17N3O3/c1-8-13(14(19)17-16-8)11(7-12(15)18)9-3-5-10(20-2)6-4-9/h3-6,11H,7H2,1-2H3,(H2,15,18)(H2,16,17,19). The Morgan fingerprint density at radius 1 is 1.30 bits per heavy atom. The van der Waals surface area contributed by atoms with Crippen LogP contribution in [-0.4, -0.2) is 23.2 Å². The minimum atomic E-state index is -0.453. The van der Waals surface area contributed by atoms with Crippen molar-refractivity contribution < 1.29 is 9.53 Å². The normalized spacial score (nSPS) is 12.1. The summed E-state index contributed by atoms with van der Waals surface area (Å²) in [4.78, 5) is 23.2. The molecule has 1 aromatic heterocycles. The van der Waals surface area contributed by atoms with E-state index in [1.54, 1.807) is 26.2 Å². The topological polar surface area (TPSA) is 101 Å². The van der Waals surface area contributed by atoms with Gasteiger partial charge in [-0.15, -0.1) is 0 Å². The van der Waals surface area contributed by atoms with Crippen molar-refractivity contribution in [2.75, 3.05) is 7.11 Å². The number of H-pyrrole nitrogens is 2. The average molecular weight is 275 g/mol. The number of methoxy groups -OCH3 is 1. The molecule has 4 N–H and O–H groups in total. The van der Waals surface area contributed by atoms with Crippen LogP contribution in [0.3, 0.4) is 0 Å². The molecule has 2 aromatic rings. The lowest BCUT2D eigenvalue weighted by Gasteiger charge is -2.15. The predicted molar refractivity (Wildman–Crippen MR) is 74.8 cm³/mol. The number of aromatic amines is 2. The number of aryl methyl sites for hydroxylation is 1. The van der Waals surface area contributed by atoms with Crippen LogP contribution in [-0.2, 0) is 4.79 Å². The molecule has 1 aromatic carbocycles. The van der Waals surface area contributed by atoms with E-state index in [-0.39, 0.29) is 17.9 Å². The van der Waals surface area contributed by atoms with E-state index < -0.39 is 5.91 Å². The van der Waals surface area contributed by atoms with Gasteiger partial charge < -0.3 is 15.6 Å². The lowest BCUT2D eigenvalue weighted by molar-refractivity contribution is -0.118. The van der Waals surface area contributed by atoms with Crippen LogP contribution in [0.2, 0.25) is 0 Å². The highest BCUT2D eigenvalue weighted by molar-refractivity contribution is 5.75. The molecule has 1 heterocycles. The van der Waals surface area contributed by atoms with E-state index in [1.165, 1.54) is 0 Å². The smallest absolute Gasteiger partial charge is 0.267 e. The molecule has 0 aliphatic carbocycles. The Bertz CT molecular complexity index is 655. The summed E-state index contributed by atoms with van der Waals surface area (Å²) in [6, 6.07) is 7.25. The predicted octanol–water partition coefficient (Wildman–Crippen LogP) is 1.03. The van der Waals surface area contributed by atoms with E-state index in [1.807, 2.05) is 12.1 Å². The molecule has 1 unspecified atom stereocenters. The average Bonchev–Trinajstić information content (AvgIpc) is 2.76. The summed E-state index contributed by atoms with van der Waals surface area (Å²) in [6.07, 6.45) is 0.0775. The highest BCUT2D eigenvalue weighted by Gasteiger charge is 2.23. The molecular weight excluding hydrogens is 258 g/mol. The number of carbonyl (C=O) groups is 1. The molecule has 0 bridgehead atoms. The van der Waals surface area contributed by atoms with Crippen molar-refractivity contribution in [3.8, 4) is 5.75 Å². The zero-order valence-corrected chi connectivity index (χ0v) is 11.4. The van der Waals surface area contributed by atoms with E-state index in [0.717, 1.165) is 5.56 Å². The Labute approximate surface area is 115 Å². The molecule has 1 atom stereocenters. The second-order valence-electron chi connectivity index (χ2n) is 4.61. The number of ether oxygens (including phenoxy) is 1. The van der Waals surface area contributed by atoms with Crippen molar-refractivity contribution in [2.45, 2.75) is 19.3 Å². The number of rotatable bonds is 5. The highest BCUT2D eigenvalue weighted by atomic mass is 16.5. The summed E-state index contributed by atoms with van der Waals surface area (Å²) >= 11 is 0. The number of aromatic nitrogens is 2. The number of nitrogens with two attached hydrogens (primary N) is 1. The number of carbonyl (C=O) groups excluding carboxylic acids is 1. The molecule has 106 valence electrons. The van der Waals surface area contributed by atoms with Gasteiger partial charge in [-0.3, -0.25) is 14.7 Å². The van der Waals surface area contributed by atoms with Gasteiger partial charge >= 0.3 is 0 Å². The second-order valence-corrected chi connectivity index (χ2v) is 4.61. The third kappa shape index (κ3) is 2.74. The molecule has 6 heteroatoms. The summed E-state index contributed by atoms with van der Waals surface area (Å²) in [6.45, 7) is 1.78. The third-order valence-electron chi connectivity index (χ3n) is 3.28. The molecule has 6 nitrogen and oxygen atoms in total. The van der Waals surface area contributed by atoms with Crippen molar-refractivity contribution >= 4 is 5.91 Å². The highest BCUT2D eigenvalue weighted by Crippen LogP contribution is 2.28. The van der Waals surface area contributed by atoms with E-state index in [9.17, 15) is 9.59 Å².